The predicted octanol–water partition coefficient (Wildman–Crippen LogP) is 2.30. The van der Waals surface area contributed by atoms with E-state index in [1.54, 1.807) is 0 Å². The summed E-state index contributed by atoms with van der Waals surface area (Å²) in [5.74, 6) is -3.09. The Balaban J connectivity index is 1.84. The van der Waals surface area contributed by atoms with Crippen LogP contribution in [0.3, 0.4) is 0 Å². The van der Waals surface area contributed by atoms with Gasteiger partial charge in [-0.1, -0.05) is 12.2 Å². The minimum absolute atomic E-state index is 0.0781. The lowest BCUT2D eigenvalue weighted by Gasteiger charge is -2.24. The molecule has 3 rings (SSSR count). The van der Waals surface area contributed by atoms with Crippen molar-refractivity contribution in [3.63, 3.8) is 0 Å². The number of hydrogen-bond donors (Lipinski definition) is 2. The quantitative estimate of drug-likeness (QED) is 0.837. The second kappa shape index (κ2) is 5.44. The van der Waals surface area contributed by atoms with Crippen molar-refractivity contribution < 1.29 is 23.8 Å². The van der Waals surface area contributed by atoms with Crippen LogP contribution in [0, 0.1) is 29.5 Å². The molecule has 1 aromatic carbocycles. The first-order valence-electron chi connectivity index (χ1n) is 7.07. The molecule has 2 N–H and O–H groups in total. The Morgan fingerprint density at radius 1 is 1.27 bits per heavy atom. The number of fused-ring (bicyclic) bond motifs is 2. The van der Waals surface area contributed by atoms with E-state index in [0.717, 1.165) is 6.07 Å². The fourth-order valence-electron chi connectivity index (χ4n) is 3.51. The van der Waals surface area contributed by atoms with E-state index < -0.39 is 29.5 Å². The van der Waals surface area contributed by atoms with Gasteiger partial charge in [0.15, 0.2) is 0 Å². The number of ether oxygens (including phenoxy) is 1. The number of carbonyl (C=O) groups excluding carboxylic acids is 1. The third kappa shape index (κ3) is 2.34. The third-order valence-electron chi connectivity index (χ3n) is 4.47. The molecular formula is C16H16FNO4. The van der Waals surface area contributed by atoms with E-state index in [-0.39, 0.29) is 17.5 Å². The van der Waals surface area contributed by atoms with Gasteiger partial charge < -0.3 is 15.2 Å². The van der Waals surface area contributed by atoms with Gasteiger partial charge in [0.25, 0.3) is 0 Å². The summed E-state index contributed by atoms with van der Waals surface area (Å²) in [4.78, 5) is 23.9. The fourth-order valence-corrected chi connectivity index (χ4v) is 3.51. The Kier molecular flexibility index (Phi) is 3.60. The Labute approximate surface area is 126 Å². The fraction of sp³-hybridized carbons (Fsp3) is 0.375. The summed E-state index contributed by atoms with van der Waals surface area (Å²) in [6, 6.07) is 3.81. The highest BCUT2D eigenvalue weighted by Gasteiger charge is 2.51. The highest BCUT2D eigenvalue weighted by atomic mass is 19.1. The van der Waals surface area contributed by atoms with E-state index in [1.807, 2.05) is 12.2 Å². The summed E-state index contributed by atoms with van der Waals surface area (Å²) in [5.41, 5.74) is 0.211. The SMILES string of the molecule is COc1ccc(F)cc1NC(=O)C1C2C=CC(C2)C1C(=O)O. The summed E-state index contributed by atoms with van der Waals surface area (Å²) in [6.07, 6.45) is 4.45. The molecule has 0 aromatic heterocycles. The van der Waals surface area contributed by atoms with Crippen LogP contribution in [0.5, 0.6) is 5.75 Å². The van der Waals surface area contributed by atoms with Gasteiger partial charge >= 0.3 is 5.97 Å². The molecule has 0 heterocycles. The second-order valence-electron chi connectivity index (χ2n) is 5.67. The molecule has 2 bridgehead atoms. The van der Waals surface area contributed by atoms with Crippen LogP contribution in [0.4, 0.5) is 10.1 Å². The van der Waals surface area contributed by atoms with Gasteiger partial charge in [0.05, 0.1) is 24.6 Å². The molecular weight excluding hydrogens is 289 g/mol. The van der Waals surface area contributed by atoms with Crippen molar-refractivity contribution in [2.45, 2.75) is 6.42 Å². The summed E-state index contributed by atoms with van der Waals surface area (Å²) in [6.45, 7) is 0. The zero-order valence-corrected chi connectivity index (χ0v) is 12.0. The molecule has 0 spiro atoms. The number of nitrogens with one attached hydrogen (secondary N) is 1. The largest absolute Gasteiger partial charge is 0.495 e. The van der Waals surface area contributed by atoms with Gasteiger partial charge in [-0.15, -0.1) is 0 Å². The van der Waals surface area contributed by atoms with Crippen LogP contribution < -0.4 is 10.1 Å². The number of hydrogen-bond acceptors (Lipinski definition) is 3. The molecule has 0 saturated heterocycles. The number of aliphatic carboxylic acids is 1. The molecule has 1 saturated carbocycles. The molecule has 1 fully saturated rings. The van der Waals surface area contributed by atoms with Gasteiger partial charge in [-0.2, -0.15) is 0 Å². The molecule has 116 valence electrons. The predicted molar refractivity (Wildman–Crippen MR) is 76.9 cm³/mol. The smallest absolute Gasteiger partial charge is 0.307 e. The number of amides is 1. The van der Waals surface area contributed by atoms with Gasteiger partial charge in [0.1, 0.15) is 11.6 Å². The maximum atomic E-state index is 13.4. The Hall–Kier alpha value is -2.37. The van der Waals surface area contributed by atoms with Crippen LogP contribution in [0.1, 0.15) is 6.42 Å². The maximum absolute atomic E-state index is 13.4. The molecule has 4 atom stereocenters. The van der Waals surface area contributed by atoms with Crippen LogP contribution in [0.2, 0.25) is 0 Å². The lowest BCUT2D eigenvalue weighted by atomic mass is 9.82. The van der Waals surface area contributed by atoms with Crippen LogP contribution in [0.25, 0.3) is 0 Å². The first-order valence-corrected chi connectivity index (χ1v) is 7.07. The Morgan fingerprint density at radius 3 is 2.59 bits per heavy atom. The maximum Gasteiger partial charge on any atom is 0.307 e. The van der Waals surface area contributed by atoms with Gasteiger partial charge in [0.2, 0.25) is 5.91 Å². The highest BCUT2D eigenvalue weighted by molar-refractivity contribution is 5.97. The number of carboxylic acids is 1. The van der Waals surface area contributed by atoms with Crippen molar-refractivity contribution in [1.29, 1.82) is 0 Å². The normalized spacial score (nSPS) is 28.6. The van der Waals surface area contributed by atoms with Crippen molar-refractivity contribution in [3.8, 4) is 5.75 Å². The monoisotopic (exact) mass is 305 g/mol. The Bertz CT molecular complexity index is 658. The standard InChI is InChI=1S/C16H16FNO4/c1-22-12-5-4-10(17)7-11(12)18-15(19)13-8-2-3-9(6-8)14(13)16(20)21/h2-5,7-9,13-14H,6H2,1H3,(H,18,19)(H,20,21). The minimum Gasteiger partial charge on any atom is -0.495 e. The van der Waals surface area contributed by atoms with Crippen LogP contribution >= 0.6 is 0 Å². The molecule has 1 aromatic rings. The average Bonchev–Trinajstić information content (AvgIpc) is 3.08. The van der Waals surface area contributed by atoms with Crippen LogP contribution in [-0.2, 0) is 9.59 Å². The van der Waals surface area contributed by atoms with E-state index in [1.165, 1.54) is 19.2 Å². The lowest BCUT2D eigenvalue weighted by Crippen LogP contribution is -2.36. The minimum atomic E-state index is -0.969. The first-order chi connectivity index (χ1) is 10.5. The van der Waals surface area contributed by atoms with Crippen molar-refractivity contribution in [3.05, 3.63) is 36.2 Å². The average molecular weight is 305 g/mol. The number of methoxy groups -OCH3 is 1. The van der Waals surface area contributed by atoms with E-state index in [2.05, 4.69) is 5.32 Å². The number of carbonyl (C=O) groups is 2. The van der Waals surface area contributed by atoms with Gasteiger partial charge in [-0.05, 0) is 30.4 Å². The summed E-state index contributed by atoms with van der Waals surface area (Å²) in [5, 5.41) is 12.0. The van der Waals surface area contributed by atoms with Gasteiger partial charge in [-0.3, -0.25) is 9.59 Å². The van der Waals surface area contributed by atoms with E-state index in [0.29, 0.717) is 12.2 Å². The molecule has 0 radical (unpaired) electrons. The summed E-state index contributed by atoms with van der Waals surface area (Å²) >= 11 is 0. The number of allylic oxidation sites excluding steroid dienone is 2. The van der Waals surface area contributed by atoms with E-state index >= 15 is 0 Å². The highest BCUT2D eigenvalue weighted by Crippen LogP contribution is 2.48. The number of rotatable bonds is 4. The molecule has 22 heavy (non-hydrogen) atoms. The molecule has 6 heteroatoms. The number of anilines is 1. The second-order valence-corrected chi connectivity index (χ2v) is 5.67. The lowest BCUT2D eigenvalue weighted by molar-refractivity contribution is -0.146. The number of halogens is 1. The zero-order chi connectivity index (χ0) is 15.9. The number of benzene rings is 1. The molecule has 4 unspecified atom stereocenters. The van der Waals surface area contributed by atoms with Gasteiger partial charge in [0, 0.05) is 6.07 Å². The van der Waals surface area contributed by atoms with E-state index in [9.17, 15) is 19.1 Å². The first kappa shape index (κ1) is 14.6. The van der Waals surface area contributed by atoms with E-state index in [4.69, 9.17) is 4.74 Å². The summed E-state index contributed by atoms with van der Waals surface area (Å²) < 4.78 is 18.4. The summed E-state index contributed by atoms with van der Waals surface area (Å²) in [7, 11) is 1.42. The van der Waals surface area contributed by atoms with Crippen molar-refractivity contribution in [2.24, 2.45) is 23.7 Å². The Morgan fingerprint density at radius 2 is 1.95 bits per heavy atom. The van der Waals surface area contributed by atoms with Crippen molar-refractivity contribution in [1.82, 2.24) is 0 Å². The molecule has 2 aliphatic rings. The topological polar surface area (TPSA) is 75.6 Å². The van der Waals surface area contributed by atoms with Crippen LogP contribution in [-0.4, -0.2) is 24.1 Å². The molecule has 1 amide bonds. The third-order valence-corrected chi connectivity index (χ3v) is 4.47. The van der Waals surface area contributed by atoms with Crippen molar-refractivity contribution >= 4 is 17.6 Å². The molecule has 2 aliphatic carbocycles. The number of carboxylic acid groups (broad SMARTS) is 1. The van der Waals surface area contributed by atoms with Crippen LogP contribution in [0.15, 0.2) is 30.4 Å². The molecule has 0 aliphatic heterocycles. The van der Waals surface area contributed by atoms with Crippen molar-refractivity contribution in [2.75, 3.05) is 12.4 Å². The van der Waals surface area contributed by atoms with Gasteiger partial charge in [-0.25, -0.2) is 4.39 Å². The molecule has 5 nitrogen and oxygen atoms in total. The zero-order valence-electron chi connectivity index (χ0n) is 12.0.